The molecule has 0 saturated heterocycles. The quantitative estimate of drug-likeness (QED) is 0.651. The monoisotopic (exact) mass is 199 g/mol. The summed E-state index contributed by atoms with van der Waals surface area (Å²) in [7, 11) is 0. The SMILES string of the molecule is CCCCC=C1C=Nc2ccccc2C1. The molecule has 0 radical (unpaired) electrons. The van der Waals surface area contributed by atoms with Crippen LogP contribution in [0.1, 0.15) is 31.7 Å². The summed E-state index contributed by atoms with van der Waals surface area (Å²) in [5, 5.41) is 0. The van der Waals surface area contributed by atoms with Crippen LogP contribution in [0, 0.1) is 0 Å². The van der Waals surface area contributed by atoms with Gasteiger partial charge in [-0.2, -0.15) is 0 Å². The minimum absolute atomic E-state index is 1.05. The number of allylic oxidation sites excluding steroid dienone is 2. The summed E-state index contributed by atoms with van der Waals surface area (Å²) in [6.07, 6.45) is 9.10. The largest absolute Gasteiger partial charge is 0.256 e. The lowest BCUT2D eigenvalue weighted by Crippen LogP contribution is -1.98. The zero-order valence-corrected chi connectivity index (χ0v) is 9.24. The summed E-state index contributed by atoms with van der Waals surface area (Å²) >= 11 is 0. The zero-order chi connectivity index (χ0) is 10.5. The van der Waals surface area contributed by atoms with E-state index in [2.05, 4.69) is 36.2 Å². The number of para-hydroxylation sites is 1. The van der Waals surface area contributed by atoms with Gasteiger partial charge in [0.15, 0.2) is 0 Å². The molecule has 78 valence electrons. The van der Waals surface area contributed by atoms with E-state index in [-0.39, 0.29) is 0 Å². The summed E-state index contributed by atoms with van der Waals surface area (Å²) in [4.78, 5) is 4.46. The van der Waals surface area contributed by atoms with Crippen LogP contribution in [-0.2, 0) is 6.42 Å². The first kappa shape index (κ1) is 10.2. The third-order valence-electron chi connectivity index (χ3n) is 2.72. The van der Waals surface area contributed by atoms with Crippen LogP contribution in [0.25, 0.3) is 0 Å². The molecule has 1 heterocycles. The van der Waals surface area contributed by atoms with Crippen molar-refractivity contribution in [3.05, 3.63) is 41.5 Å². The highest BCUT2D eigenvalue weighted by atomic mass is 14.7. The van der Waals surface area contributed by atoms with Crippen molar-refractivity contribution in [2.24, 2.45) is 4.99 Å². The van der Waals surface area contributed by atoms with Crippen LogP contribution in [0.4, 0.5) is 5.69 Å². The smallest absolute Gasteiger partial charge is 0.0665 e. The van der Waals surface area contributed by atoms with Crippen molar-refractivity contribution < 1.29 is 0 Å². The van der Waals surface area contributed by atoms with Crippen LogP contribution in [0.2, 0.25) is 0 Å². The molecule has 0 atom stereocenters. The summed E-state index contributed by atoms with van der Waals surface area (Å²) in [5.41, 5.74) is 3.84. The van der Waals surface area contributed by atoms with Crippen molar-refractivity contribution in [1.29, 1.82) is 0 Å². The minimum Gasteiger partial charge on any atom is -0.256 e. The number of unbranched alkanes of at least 4 members (excludes halogenated alkanes) is 2. The second-order valence-corrected chi connectivity index (χ2v) is 3.98. The van der Waals surface area contributed by atoms with Crippen LogP contribution < -0.4 is 0 Å². The first-order chi connectivity index (χ1) is 7.40. The molecule has 1 heteroatoms. The highest BCUT2D eigenvalue weighted by Crippen LogP contribution is 2.25. The van der Waals surface area contributed by atoms with Gasteiger partial charge < -0.3 is 0 Å². The van der Waals surface area contributed by atoms with Gasteiger partial charge in [-0.3, -0.25) is 4.99 Å². The molecular weight excluding hydrogens is 182 g/mol. The number of aliphatic imine (C=N–C) groups is 1. The maximum Gasteiger partial charge on any atom is 0.0665 e. The second kappa shape index (κ2) is 4.92. The molecule has 2 rings (SSSR count). The number of nitrogens with zero attached hydrogens (tertiary/aromatic N) is 1. The predicted molar refractivity (Wildman–Crippen MR) is 65.9 cm³/mol. The molecule has 0 aromatic heterocycles. The summed E-state index contributed by atoms with van der Waals surface area (Å²) in [5.74, 6) is 0. The molecule has 0 amide bonds. The molecule has 0 unspecified atom stereocenters. The highest BCUT2D eigenvalue weighted by molar-refractivity contribution is 5.85. The van der Waals surface area contributed by atoms with Gasteiger partial charge in [0.2, 0.25) is 0 Å². The van der Waals surface area contributed by atoms with Crippen LogP contribution in [-0.4, -0.2) is 6.21 Å². The Balaban J connectivity index is 2.09. The molecule has 1 aliphatic rings. The van der Waals surface area contributed by atoms with Gasteiger partial charge >= 0.3 is 0 Å². The van der Waals surface area contributed by atoms with E-state index >= 15 is 0 Å². The molecule has 0 bridgehead atoms. The van der Waals surface area contributed by atoms with Crippen molar-refractivity contribution in [2.45, 2.75) is 32.6 Å². The molecule has 1 aromatic rings. The Kier molecular flexibility index (Phi) is 3.33. The highest BCUT2D eigenvalue weighted by Gasteiger charge is 2.07. The normalized spacial score (nSPS) is 16.7. The maximum absolute atomic E-state index is 4.46. The van der Waals surface area contributed by atoms with E-state index in [1.807, 2.05) is 12.3 Å². The molecular formula is C14H17N. The summed E-state index contributed by atoms with van der Waals surface area (Å²) in [6.45, 7) is 2.22. The van der Waals surface area contributed by atoms with Gasteiger partial charge in [-0.25, -0.2) is 0 Å². The van der Waals surface area contributed by atoms with E-state index in [4.69, 9.17) is 0 Å². The fourth-order valence-corrected chi connectivity index (χ4v) is 1.82. The van der Waals surface area contributed by atoms with Crippen molar-refractivity contribution in [1.82, 2.24) is 0 Å². The fourth-order valence-electron chi connectivity index (χ4n) is 1.82. The van der Waals surface area contributed by atoms with Crippen LogP contribution >= 0.6 is 0 Å². The van der Waals surface area contributed by atoms with E-state index in [1.165, 1.54) is 30.4 Å². The first-order valence-corrected chi connectivity index (χ1v) is 5.71. The van der Waals surface area contributed by atoms with Crippen molar-refractivity contribution >= 4 is 11.9 Å². The average Bonchev–Trinajstić information content (AvgIpc) is 2.29. The minimum atomic E-state index is 1.05. The summed E-state index contributed by atoms with van der Waals surface area (Å²) in [6, 6.07) is 8.37. The zero-order valence-electron chi connectivity index (χ0n) is 9.24. The number of hydrogen-bond donors (Lipinski definition) is 0. The lowest BCUT2D eigenvalue weighted by molar-refractivity contribution is 0.811. The van der Waals surface area contributed by atoms with Crippen LogP contribution in [0.5, 0.6) is 0 Å². The van der Waals surface area contributed by atoms with Gasteiger partial charge in [0.1, 0.15) is 0 Å². The molecule has 0 spiro atoms. The van der Waals surface area contributed by atoms with Crippen LogP contribution in [0.15, 0.2) is 40.9 Å². The Hall–Kier alpha value is -1.37. The van der Waals surface area contributed by atoms with E-state index in [0.717, 1.165) is 12.1 Å². The Morgan fingerprint density at radius 1 is 1.33 bits per heavy atom. The number of rotatable bonds is 3. The van der Waals surface area contributed by atoms with Gasteiger partial charge in [0.25, 0.3) is 0 Å². The average molecular weight is 199 g/mol. The van der Waals surface area contributed by atoms with E-state index in [9.17, 15) is 0 Å². The standard InChI is InChI=1S/C14H17N/c1-2-3-4-7-12-10-13-8-5-6-9-14(13)15-11-12/h5-9,11H,2-4,10H2,1H3. The third kappa shape index (κ3) is 2.56. The van der Waals surface area contributed by atoms with E-state index in [1.54, 1.807) is 0 Å². The molecule has 1 nitrogen and oxygen atoms in total. The van der Waals surface area contributed by atoms with Crippen molar-refractivity contribution in [3.8, 4) is 0 Å². The van der Waals surface area contributed by atoms with Crippen molar-refractivity contribution in [3.63, 3.8) is 0 Å². The molecule has 0 aliphatic carbocycles. The van der Waals surface area contributed by atoms with E-state index in [0.29, 0.717) is 0 Å². The maximum atomic E-state index is 4.46. The Morgan fingerprint density at radius 3 is 3.07 bits per heavy atom. The number of fused-ring (bicyclic) bond motifs is 1. The number of benzene rings is 1. The van der Waals surface area contributed by atoms with Gasteiger partial charge in [-0.15, -0.1) is 0 Å². The molecule has 15 heavy (non-hydrogen) atoms. The Labute approximate surface area is 91.6 Å². The molecule has 1 aliphatic heterocycles. The first-order valence-electron chi connectivity index (χ1n) is 5.71. The predicted octanol–water partition coefficient (Wildman–Crippen LogP) is 4.06. The molecule has 0 saturated carbocycles. The lowest BCUT2D eigenvalue weighted by Gasteiger charge is -2.11. The van der Waals surface area contributed by atoms with Gasteiger partial charge in [-0.1, -0.05) is 44.0 Å². The molecule has 0 N–H and O–H groups in total. The van der Waals surface area contributed by atoms with Crippen molar-refractivity contribution in [2.75, 3.05) is 0 Å². The third-order valence-corrected chi connectivity index (χ3v) is 2.72. The molecule has 1 aromatic carbocycles. The fraction of sp³-hybridized carbons (Fsp3) is 0.357. The topological polar surface area (TPSA) is 12.4 Å². The van der Waals surface area contributed by atoms with Gasteiger partial charge in [0.05, 0.1) is 5.69 Å². The number of hydrogen-bond acceptors (Lipinski definition) is 1. The van der Waals surface area contributed by atoms with Crippen LogP contribution in [0.3, 0.4) is 0 Å². The van der Waals surface area contributed by atoms with E-state index < -0.39 is 0 Å². The van der Waals surface area contributed by atoms with Gasteiger partial charge in [-0.05, 0) is 23.6 Å². The Morgan fingerprint density at radius 2 is 2.20 bits per heavy atom. The molecule has 0 fully saturated rings. The Bertz CT molecular complexity index is 388. The lowest BCUT2D eigenvalue weighted by atomic mass is 10.0. The second-order valence-electron chi connectivity index (χ2n) is 3.98. The van der Waals surface area contributed by atoms with Gasteiger partial charge in [0, 0.05) is 12.6 Å². The summed E-state index contributed by atoms with van der Waals surface area (Å²) < 4.78 is 0.